The van der Waals surface area contributed by atoms with Crippen LogP contribution < -0.4 is 20.1 Å². The summed E-state index contributed by atoms with van der Waals surface area (Å²) in [7, 11) is 3.23. The number of thiophene rings is 1. The van der Waals surface area contributed by atoms with Crippen LogP contribution in [0.25, 0.3) is 0 Å². The van der Waals surface area contributed by atoms with E-state index >= 15 is 0 Å². The van der Waals surface area contributed by atoms with Crippen molar-refractivity contribution < 1.29 is 18.7 Å². The molecule has 0 aliphatic rings. The third-order valence-corrected chi connectivity index (χ3v) is 6.78. The molecule has 1 amide bonds. The fraction of sp³-hybridized carbons (Fsp3) is 0.231. The van der Waals surface area contributed by atoms with Gasteiger partial charge in [0.2, 0.25) is 0 Å². The summed E-state index contributed by atoms with van der Waals surface area (Å²) in [5.74, 6) is 1.88. The molecule has 1 aromatic carbocycles. The van der Waals surface area contributed by atoms with Gasteiger partial charge in [0, 0.05) is 22.2 Å². The van der Waals surface area contributed by atoms with E-state index in [4.69, 9.17) is 13.9 Å². The molecule has 0 saturated heterocycles. The summed E-state index contributed by atoms with van der Waals surface area (Å²) in [5.41, 5.74) is 3.94. The number of benzene rings is 1. The number of carbonyl (C=O) groups is 1. The van der Waals surface area contributed by atoms with E-state index in [2.05, 4.69) is 22.5 Å². The van der Waals surface area contributed by atoms with Gasteiger partial charge in [-0.15, -0.1) is 11.3 Å². The van der Waals surface area contributed by atoms with Crippen molar-refractivity contribution in [3.8, 4) is 11.5 Å². The molecule has 176 valence electrons. The highest BCUT2D eigenvalue weighted by Crippen LogP contribution is 2.45. The molecule has 8 heteroatoms. The Kier molecular flexibility index (Phi) is 6.88. The molecule has 0 aliphatic heterocycles. The highest BCUT2D eigenvalue weighted by molar-refractivity contribution is 7.16. The maximum absolute atomic E-state index is 12.9. The molecular formula is C26H27N3O4S. The number of hydrogen-bond acceptors (Lipinski definition) is 7. The number of aromatic nitrogens is 1. The van der Waals surface area contributed by atoms with Gasteiger partial charge >= 0.3 is 0 Å². The average molecular weight is 478 g/mol. The van der Waals surface area contributed by atoms with Crippen molar-refractivity contribution in [3.05, 3.63) is 87.8 Å². The quantitative estimate of drug-likeness (QED) is 0.317. The zero-order valence-corrected chi connectivity index (χ0v) is 20.6. The number of aryl methyl sites for hydroxylation is 2. The second-order valence-electron chi connectivity index (χ2n) is 7.84. The van der Waals surface area contributed by atoms with E-state index < -0.39 is 0 Å². The first-order valence-corrected chi connectivity index (χ1v) is 11.6. The number of furan rings is 1. The van der Waals surface area contributed by atoms with Gasteiger partial charge in [0.25, 0.3) is 5.91 Å². The van der Waals surface area contributed by atoms with Crippen molar-refractivity contribution in [2.24, 2.45) is 0 Å². The van der Waals surface area contributed by atoms with Gasteiger partial charge in [-0.05, 0) is 62.2 Å². The predicted octanol–water partition coefficient (Wildman–Crippen LogP) is 6.13. The van der Waals surface area contributed by atoms with E-state index in [1.807, 2.05) is 44.2 Å². The Balaban J connectivity index is 1.87. The van der Waals surface area contributed by atoms with Crippen molar-refractivity contribution in [3.63, 3.8) is 0 Å². The summed E-state index contributed by atoms with van der Waals surface area (Å²) in [4.78, 5) is 18.5. The van der Waals surface area contributed by atoms with E-state index in [0.717, 1.165) is 32.1 Å². The zero-order valence-electron chi connectivity index (χ0n) is 19.8. The molecule has 3 heterocycles. The van der Waals surface area contributed by atoms with Crippen molar-refractivity contribution in [1.82, 2.24) is 4.98 Å². The number of methoxy groups -OCH3 is 2. The molecule has 3 aromatic heterocycles. The van der Waals surface area contributed by atoms with Crippen LogP contribution in [0.15, 0.2) is 59.3 Å². The lowest BCUT2D eigenvalue weighted by Crippen LogP contribution is -2.18. The molecule has 4 aromatic rings. The van der Waals surface area contributed by atoms with Gasteiger partial charge in [0.05, 0.1) is 26.5 Å². The number of nitrogens with one attached hydrogen (secondary N) is 2. The van der Waals surface area contributed by atoms with Gasteiger partial charge < -0.3 is 24.5 Å². The molecule has 0 saturated carbocycles. The average Bonchev–Trinajstić information content (AvgIpc) is 3.46. The number of hydrogen-bond donors (Lipinski definition) is 2. The smallest absolute Gasteiger partial charge is 0.291 e. The number of rotatable bonds is 8. The van der Waals surface area contributed by atoms with Crippen LogP contribution in [0.1, 0.15) is 43.7 Å². The molecule has 0 aliphatic carbocycles. The van der Waals surface area contributed by atoms with Crippen LogP contribution in [0.2, 0.25) is 0 Å². The molecule has 7 nitrogen and oxygen atoms in total. The van der Waals surface area contributed by atoms with E-state index in [0.29, 0.717) is 17.3 Å². The minimum Gasteiger partial charge on any atom is -0.493 e. The van der Waals surface area contributed by atoms with Crippen LogP contribution in [0.3, 0.4) is 0 Å². The zero-order chi connectivity index (χ0) is 24.2. The summed E-state index contributed by atoms with van der Waals surface area (Å²) in [5, 5.41) is 7.34. The predicted molar refractivity (Wildman–Crippen MR) is 134 cm³/mol. The lowest BCUT2D eigenvalue weighted by molar-refractivity contribution is 0.0997. The third-order valence-electron chi connectivity index (χ3n) is 5.64. The summed E-state index contributed by atoms with van der Waals surface area (Å²) in [6, 6.07) is 12.6. The van der Waals surface area contributed by atoms with Crippen LogP contribution in [-0.4, -0.2) is 25.1 Å². The number of amides is 1. The molecule has 2 N–H and O–H groups in total. The van der Waals surface area contributed by atoms with E-state index in [1.54, 1.807) is 32.5 Å². The second-order valence-corrected chi connectivity index (χ2v) is 9.06. The number of para-hydroxylation sites is 1. The molecule has 0 bridgehead atoms. The molecule has 34 heavy (non-hydrogen) atoms. The molecule has 4 rings (SSSR count). The minimum absolute atomic E-state index is 0.249. The topological polar surface area (TPSA) is 85.6 Å². The maximum atomic E-state index is 12.9. The Bertz CT molecular complexity index is 1300. The Morgan fingerprint density at radius 2 is 1.91 bits per heavy atom. The van der Waals surface area contributed by atoms with E-state index in [9.17, 15) is 4.79 Å². The lowest BCUT2D eigenvalue weighted by Gasteiger charge is -2.25. The summed E-state index contributed by atoms with van der Waals surface area (Å²) >= 11 is 1.52. The van der Waals surface area contributed by atoms with Gasteiger partial charge in [0.1, 0.15) is 10.8 Å². The van der Waals surface area contributed by atoms with Crippen molar-refractivity contribution in [2.75, 3.05) is 24.9 Å². The Hall–Kier alpha value is -3.78. The number of ether oxygens (including phenoxy) is 2. The van der Waals surface area contributed by atoms with Gasteiger partial charge in [-0.3, -0.25) is 4.79 Å². The largest absolute Gasteiger partial charge is 0.493 e. The maximum Gasteiger partial charge on any atom is 0.291 e. The van der Waals surface area contributed by atoms with Crippen molar-refractivity contribution >= 4 is 28.1 Å². The van der Waals surface area contributed by atoms with Crippen LogP contribution in [0.5, 0.6) is 11.5 Å². The van der Waals surface area contributed by atoms with Gasteiger partial charge in [-0.2, -0.15) is 0 Å². The summed E-state index contributed by atoms with van der Waals surface area (Å²) in [6.07, 6.45) is 3.25. The molecule has 0 fully saturated rings. The molecule has 0 radical (unpaired) electrons. The molecule has 1 unspecified atom stereocenters. The lowest BCUT2D eigenvalue weighted by atomic mass is 9.95. The number of nitrogens with zero attached hydrogens (tertiary/aromatic N) is 1. The number of anilines is 2. The third kappa shape index (κ3) is 4.63. The first-order valence-electron chi connectivity index (χ1n) is 10.8. The molecule has 1 atom stereocenters. The van der Waals surface area contributed by atoms with Crippen LogP contribution in [0.4, 0.5) is 10.8 Å². The first kappa shape index (κ1) is 23.4. The number of carbonyl (C=O) groups excluding carboxylic acids is 1. The number of pyridine rings is 1. The Morgan fingerprint density at radius 1 is 1.09 bits per heavy atom. The van der Waals surface area contributed by atoms with Crippen LogP contribution >= 0.6 is 11.3 Å². The van der Waals surface area contributed by atoms with Gasteiger partial charge in [-0.25, -0.2) is 4.98 Å². The monoisotopic (exact) mass is 477 g/mol. The molecular weight excluding hydrogens is 450 g/mol. The van der Waals surface area contributed by atoms with E-state index in [1.165, 1.54) is 17.6 Å². The van der Waals surface area contributed by atoms with Gasteiger partial charge in [-0.1, -0.05) is 12.1 Å². The summed E-state index contributed by atoms with van der Waals surface area (Å²) < 4.78 is 16.6. The van der Waals surface area contributed by atoms with Crippen molar-refractivity contribution in [1.29, 1.82) is 0 Å². The fourth-order valence-electron chi connectivity index (χ4n) is 3.87. The fourth-order valence-corrected chi connectivity index (χ4v) is 4.96. The highest BCUT2D eigenvalue weighted by Gasteiger charge is 2.29. The SMILES string of the molecule is COc1cccc(C(Nc2cc(C)ccn2)c2c(NC(=O)c3ccco3)sc(C)c2C)c1OC. The molecule has 0 spiro atoms. The first-order chi connectivity index (χ1) is 16.4. The minimum atomic E-state index is -0.379. The van der Waals surface area contributed by atoms with Crippen LogP contribution in [0, 0.1) is 20.8 Å². The van der Waals surface area contributed by atoms with Crippen molar-refractivity contribution in [2.45, 2.75) is 26.8 Å². The van der Waals surface area contributed by atoms with E-state index in [-0.39, 0.29) is 17.7 Å². The summed E-state index contributed by atoms with van der Waals surface area (Å²) in [6.45, 7) is 6.11. The van der Waals surface area contributed by atoms with Crippen LogP contribution in [-0.2, 0) is 0 Å². The Morgan fingerprint density at radius 3 is 2.59 bits per heavy atom. The normalized spacial score (nSPS) is 11.7. The Labute approximate surface area is 202 Å². The highest BCUT2D eigenvalue weighted by atomic mass is 32.1. The van der Waals surface area contributed by atoms with Gasteiger partial charge in [0.15, 0.2) is 17.3 Å². The standard InChI is InChI=1S/C26H27N3O4S/c1-15-11-12-27-21(14-15)28-23(18-8-6-9-19(31-4)24(18)32-5)22-16(2)17(3)34-26(22)29-25(30)20-10-7-13-33-20/h6-14,23H,1-5H3,(H,27,28)(H,29,30). The second kappa shape index (κ2) is 10.0.